The second kappa shape index (κ2) is 7.84. The van der Waals surface area contributed by atoms with Crippen molar-refractivity contribution in [2.75, 3.05) is 33.8 Å². The maximum Gasteiger partial charge on any atom is 0.295 e. The monoisotopic (exact) mass is 408 g/mol. The molecular formula is C23H24N2O5. The minimum atomic E-state index is -0.727. The number of phenolic OH excluding ortho intramolecular Hbond substituents is 1. The number of hydrogen-bond donors (Lipinski definition) is 2. The number of rotatable bonds is 5. The summed E-state index contributed by atoms with van der Waals surface area (Å²) < 4.78 is 5.51. The van der Waals surface area contributed by atoms with Gasteiger partial charge in [0, 0.05) is 25.1 Å². The Hall–Kier alpha value is -3.32. The predicted octanol–water partition coefficient (Wildman–Crippen LogP) is 2.31. The minimum absolute atomic E-state index is 0.0586. The molecule has 0 radical (unpaired) electrons. The Morgan fingerprint density at radius 1 is 1.17 bits per heavy atom. The quantitative estimate of drug-likeness (QED) is 0.448. The number of benzene rings is 2. The van der Waals surface area contributed by atoms with Gasteiger partial charge in [-0.25, -0.2) is 0 Å². The van der Waals surface area contributed by atoms with Crippen molar-refractivity contribution in [1.29, 1.82) is 0 Å². The molecule has 0 bridgehead atoms. The summed E-state index contributed by atoms with van der Waals surface area (Å²) in [6.07, 6.45) is 0.731. The third-order valence-corrected chi connectivity index (χ3v) is 5.50. The van der Waals surface area contributed by atoms with Gasteiger partial charge in [0.2, 0.25) is 0 Å². The molecule has 30 heavy (non-hydrogen) atoms. The van der Waals surface area contributed by atoms with E-state index in [0.29, 0.717) is 30.8 Å². The molecule has 1 amide bonds. The van der Waals surface area contributed by atoms with Gasteiger partial charge in [-0.15, -0.1) is 0 Å². The molecule has 7 heteroatoms. The van der Waals surface area contributed by atoms with Crippen LogP contribution in [0, 0.1) is 0 Å². The van der Waals surface area contributed by atoms with Crippen LogP contribution in [0.4, 0.5) is 0 Å². The maximum atomic E-state index is 13.0. The Labute approximate surface area is 174 Å². The van der Waals surface area contributed by atoms with E-state index in [1.54, 1.807) is 30.3 Å². The smallest absolute Gasteiger partial charge is 0.295 e. The minimum Gasteiger partial charge on any atom is -0.508 e. The molecule has 0 saturated carbocycles. The van der Waals surface area contributed by atoms with Crippen LogP contribution in [0.1, 0.15) is 22.7 Å². The third-order valence-electron chi connectivity index (χ3n) is 5.50. The molecule has 2 heterocycles. The zero-order valence-corrected chi connectivity index (χ0v) is 17.0. The van der Waals surface area contributed by atoms with Gasteiger partial charge in [0.15, 0.2) is 0 Å². The topological polar surface area (TPSA) is 90.3 Å². The number of phenols is 1. The number of likely N-dealkylation sites (N-methyl/N-ethyl adjacent to an activating group) is 1. The first-order valence-corrected chi connectivity index (χ1v) is 9.85. The molecule has 156 valence electrons. The van der Waals surface area contributed by atoms with E-state index in [-0.39, 0.29) is 17.1 Å². The summed E-state index contributed by atoms with van der Waals surface area (Å²) in [6, 6.07) is 10.9. The maximum absolute atomic E-state index is 13.0. The number of nitrogens with zero attached hydrogens (tertiary/aromatic N) is 2. The lowest BCUT2D eigenvalue weighted by atomic mass is 9.94. The number of aliphatic hydroxyl groups excluding tert-OH is 1. The largest absolute Gasteiger partial charge is 0.508 e. The molecule has 7 nitrogen and oxygen atoms in total. The molecule has 2 aliphatic rings. The number of Topliss-reactive ketones (excluding diaryl/α,β-unsaturated/α-hetero) is 1. The van der Waals surface area contributed by atoms with Gasteiger partial charge in [-0.2, -0.15) is 0 Å². The van der Waals surface area contributed by atoms with E-state index >= 15 is 0 Å². The molecule has 1 saturated heterocycles. The number of carbonyl (C=O) groups excluding carboxylic acids is 2. The molecule has 0 aliphatic carbocycles. The molecule has 0 aromatic heterocycles. The highest BCUT2D eigenvalue weighted by Crippen LogP contribution is 2.40. The van der Waals surface area contributed by atoms with Crippen molar-refractivity contribution in [3.63, 3.8) is 0 Å². The number of fused-ring (bicyclic) bond motifs is 1. The molecule has 0 spiro atoms. The van der Waals surface area contributed by atoms with Crippen LogP contribution in [0.2, 0.25) is 0 Å². The van der Waals surface area contributed by atoms with Gasteiger partial charge in [-0.3, -0.25) is 9.59 Å². The summed E-state index contributed by atoms with van der Waals surface area (Å²) in [6.45, 7) is 1.48. The Morgan fingerprint density at radius 3 is 2.60 bits per heavy atom. The average molecular weight is 408 g/mol. The average Bonchev–Trinajstić information content (AvgIpc) is 3.29. The van der Waals surface area contributed by atoms with Crippen molar-refractivity contribution in [1.82, 2.24) is 9.80 Å². The number of carbonyl (C=O) groups is 2. The molecule has 1 unspecified atom stereocenters. The van der Waals surface area contributed by atoms with Crippen molar-refractivity contribution >= 4 is 17.4 Å². The lowest BCUT2D eigenvalue weighted by Gasteiger charge is -2.26. The fourth-order valence-electron chi connectivity index (χ4n) is 3.91. The molecule has 1 atom stereocenters. The lowest BCUT2D eigenvalue weighted by molar-refractivity contribution is -0.140. The zero-order valence-electron chi connectivity index (χ0n) is 17.0. The van der Waals surface area contributed by atoms with Crippen molar-refractivity contribution < 1.29 is 24.5 Å². The van der Waals surface area contributed by atoms with Gasteiger partial charge in [-0.1, -0.05) is 12.1 Å². The summed E-state index contributed by atoms with van der Waals surface area (Å²) in [4.78, 5) is 29.2. The second-order valence-corrected chi connectivity index (χ2v) is 7.81. The molecular weight excluding hydrogens is 384 g/mol. The van der Waals surface area contributed by atoms with Crippen LogP contribution in [-0.2, 0) is 16.0 Å². The number of aliphatic hydroxyl groups is 1. The van der Waals surface area contributed by atoms with Gasteiger partial charge in [0.25, 0.3) is 11.7 Å². The van der Waals surface area contributed by atoms with Crippen LogP contribution >= 0.6 is 0 Å². The number of ether oxygens (including phenoxy) is 1. The van der Waals surface area contributed by atoms with Crippen LogP contribution in [0.25, 0.3) is 5.76 Å². The van der Waals surface area contributed by atoms with Crippen LogP contribution in [0.3, 0.4) is 0 Å². The Morgan fingerprint density at radius 2 is 1.90 bits per heavy atom. The summed E-state index contributed by atoms with van der Waals surface area (Å²) in [7, 11) is 3.78. The predicted molar refractivity (Wildman–Crippen MR) is 111 cm³/mol. The number of aromatic hydroxyl groups is 1. The first-order chi connectivity index (χ1) is 14.4. The highest BCUT2D eigenvalue weighted by atomic mass is 16.5. The normalized spacial score (nSPS) is 20.0. The number of amides is 1. The second-order valence-electron chi connectivity index (χ2n) is 7.81. The van der Waals surface area contributed by atoms with Crippen LogP contribution < -0.4 is 4.74 Å². The fraction of sp³-hybridized carbons (Fsp3) is 0.304. The summed E-state index contributed by atoms with van der Waals surface area (Å²) >= 11 is 0. The van der Waals surface area contributed by atoms with E-state index in [9.17, 15) is 19.8 Å². The van der Waals surface area contributed by atoms with E-state index in [0.717, 1.165) is 17.7 Å². The van der Waals surface area contributed by atoms with Crippen molar-refractivity contribution in [2.45, 2.75) is 12.5 Å². The van der Waals surface area contributed by atoms with Gasteiger partial charge in [-0.05, 0) is 55.6 Å². The summed E-state index contributed by atoms with van der Waals surface area (Å²) in [5.74, 6) is -0.689. The van der Waals surface area contributed by atoms with E-state index in [1.807, 2.05) is 19.0 Å². The molecule has 4 rings (SSSR count). The fourth-order valence-corrected chi connectivity index (χ4v) is 3.91. The standard InChI is InChI=1S/C23H24N2O5/c1-24(2)10-11-25-20(14-3-6-17(26)7-4-14)19(22(28)23(25)29)21(27)16-5-8-18-15(13-16)9-12-30-18/h3-8,13,20,26-27H,9-12H2,1-2H3/b21-19-. The Kier molecular flexibility index (Phi) is 5.22. The number of ketones is 1. The van der Waals surface area contributed by atoms with E-state index in [4.69, 9.17) is 4.74 Å². The Balaban J connectivity index is 1.82. The van der Waals surface area contributed by atoms with Gasteiger partial charge in [0.05, 0.1) is 18.2 Å². The third kappa shape index (κ3) is 3.52. The van der Waals surface area contributed by atoms with Crippen LogP contribution in [0.15, 0.2) is 48.0 Å². The number of likely N-dealkylation sites (tertiary alicyclic amines) is 1. The molecule has 2 aliphatic heterocycles. The van der Waals surface area contributed by atoms with E-state index in [1.165, 1.54) is 17.0 Å². The number of hydrogen-bond acceptors (Lipinski definition) is 6. The summed E-state index contributed by atoms with van der Waals surface area (Å²) in [5.41, 5.74) is 2.15. The molecule has 1 fully saturated rings. The summed E-state index contributed by atoms with van der Waals surface area (Å²) in [5, 5.41) is 20.8. The lowest BCUT2D eigenvalue weighted by Crippen LogP contribution is -2.35. The van der Waals surface area contributed by atoms with E-state index < -0.39 is 17.7 Å². The first-order valence-electron chi connectivity index (χ1n) is 9.85. The highest BCUT2D eigenvalue weighted by Gasteiger charge is 2.45. The molecule has 2 aromatic carbocycles. The zero-order chi connectivity index (χ0) is 21.4. The van der Waals surface area contributed by atoms with Crippen LogP contribution in [-0.4, -0.2) is 65.5 Å². The van der Waals surface area contributed by atoms with Crippen LogP contribution in [0.5, 0.6) is 11.5 Å². The first kappa shape index (κ1) is 20.0. The van der Waals surface area contributed by atoms with Crippen molar-refractivity contribution in [2.24, 2.45) is 0 Å². The van der Waals surface area contributed by atoms with Gasteiger partial charge < -0.3 is 24.7 Å². The van der Waals surface area contributed by atoms with Gasteiger partial charge in [0.1, 0.15) is 17.3 Å². The highest BCUT2D eigenvalue weighted by molar-refractivity contribution is 6.46. The van der Waals surface area contributed by atoms with Crippen molar-refractivity contribution in [3.8, 4) is 11.5 Å². The SMILES string of the molecule is CN(C)CCN1C(=O)C(=O)/C(=C(\O)c2ccc3c(c2)CCO3)C1c1ccc(O)cc1. The van der Waals surface area contributed by atoms with E-state index in [2.05, 4.69) is 0 Å². The molecule has 2 aromatic rings. The van der Waals surface area contributed by atoms with Crippen molar-refractivity contribution in [3.05, 3.63) is 64.7 Å². The van der Waals surface area contributed by atoms with Gasteiger partial charge >= 0.3 is 0 Å². The Bertz CT molecular complexity index is 1030. The molecule has 2 N–H and O–H groups in total.